The first kappa shape index (κ1) is 17.4. The molecule has 0 saturated carbocycles. The molecule has 1 aliphatic heterocycles. The molecule has 4 heteroatoms. The minimum Gasteiger partial charge on any atom is -0.364 e. The number of hydrogen-bond donors (Lipinski definition) is 1. The van der Waals surface area contributed by atoms with Crippen LogP contribution < -0.4 is 5.32 Å². The fourth-order valence-corrected chi connectivity index (χ4v) is 3.51. The van der Waals surface area contributed by atoms with Crippen LogP contribution in [0, 0.1) is 11.6 Å². The lowest BCUT2D eigenvalue weighted by atomic mass is 9.95. The molecule has 0 saturated heterocycles. The Kier molecular flexibility index (Phi) is 4.97. The highest BCUT2D eigenvalue weighted by Crippen LogP contribution is 2.37. The van der Waals surface area contributed by atoms with Crippen LogP contribution in [0.25, 0.3) is 0 Å². The van der Waals surface area contributed by atoms with E-state index in [1.807, 2.05) is 30.3 Å². The SMILES string of the molecule is Fc1cccc([C@H]2N=C(CCc3ccccc3)N[C@H]2c2cccc(F)c2)c1. The Balaban J connectivity index is 1.61. The maximum atomic E-state index is 13.8. The third kappa shape index (κ3) is 4.05. The Morgan fingerprint density at radius 1 is 0.741 bits per heavy atom. The van der Waals surface area contributed by atoms with Gasteiger partial charge in [0.2, 0.25) is 0 Å². The van der Waals surface area contributed by atoms with Crippen molar-refractivity contribution >= 4 is 5.84 Å². The van der Waals surface area contributed by atoms with Crippen molar-refractivity contribution in [2.75, 3.05) is 0 Å². The molecule has 136 valence electrons. The van der Waals surface area contributed by atoms with Gasteiger partial charge < -0.3 is 5.32 Å². The van der Waals surface area contributed by atoms with Crippen LogP contribution >= 0.6 is 0 Å². The standard InChI is InChI=1S/C23H20F2N2/c24-19-10-4-8-17(14-19)22-23(18-9-5-11-20(25)15-18)27-21(26-22)13-12-16-6-2-1-3-7-16/h1-11,14-15,22-23H,12-13H2,(H,26,27)/t22-,23+. The summed E-state index contributed by atoms with van der Waals surface area (Å²) >= 11 is 0. The van der Waals surface area contributed by atoms with Crippen LogP contribution in [0.15, 0.2) is 83.9 Å². The van der Waals surface area contributed by atoms with Crippen LogP contribution in [0.5, 0.6) is 0 Å². The summed E-state index contributed by atoms with van der Waals surface area (Å²) in [6, 6.07) is 22.7. The van der Waals surface area contributed by atoms with Gasteiger partial charge in [-0.2, -0.15) is 0 Å². The van der Waals surface area contributed by atoms with Crippen molar-refractivity contribution < 1.29 is 8.78 Å². The maximum Gasteiger partial charge on any atom is 0.123 e. The Morgan fingerprint density at radius 2 is 1.41 bits per heavy atom. The van der Waals surface area contributed by atoms with Crippen molar-refractivity contribution in [3.63, 3.8) is 0 Å². The molecule has 2 atom stereocenters. The quantitative estimate of drug-likeness (QED) is 0.647. The van der Waals surface area contributed by atoms with E-state index >= 15 is 0 Å². The van der Waals surface area contributed by atoms with E-state index in [0.717, 1.165) is 29.8 Å². The molecule has 1 N–H and O–H groups in total. The van der Waals surface area contributed by atoms with Crippen molar-refractivity contribution in [3.05, 3.63) is 107 Å². The van der Waals surface area contributed by atoms with E-state index in [4.69, 9.17) is 4.99 Å². The largest absolute Gasteiger partial charge is 0.364 e. The highest BCUT2D eigenvalue weighted by Gasteiger charge is 2.31. The summed E-state index contributed by atoms with van der Waals surface area (Å²) < 4.78 is 27.5. The first-order valence-corrected chi connectivity index (χ1v) is 9.07. The number of aliphatic imine (C=N–C) groups is 1. The lowest BCUT2D eigenvalue weighted by Gasteiger charge is -2.20. The molecule has 0 amide bonds. The second-order valence-electron chi connectivity index (χ2n) is 6.74. The van der Waals surface area contributed by atoms with E-state index in [1.165, 1.54) is 29.8 Å². The molecule has 3 aromatic carbocycles. The summed E-state index contributed by atoms with van der Waals surface area (Å²) in [6.07, 6.45) is 1.61. The second kappa shape index (κ2) is 7.70. The minimum absolute atomic E-state index is 0.215. The zero-order valence-electron chi connectivity index (χ0n) is 14.8. The van der Waals surface area contributed by atoms with E-state index in [0.29, 0.717) is 0 Å². The Labute approximate surface area is 157 Å². The smallest absolute Gasteiger partial charge is 0.123 e. The van der Waals surface area contributed by atoms with Gasteiger partial charge in [0.25, 0.3) is 0 Å². The summed E-state index contributed by atoms with van der Waals surface area (Å²) in [5.74, 6) is 0.283. The number of halogens is 2. The van der Waals surface area contributed by atoms with Crippen molar-refractivity contribution in [1.82, 2.24) is 5.32 Å². The van der Waals surface area contributed by atoms with Gasteiger partial charge in [-0.25, -0.2) is 8.78 Å². The number of amidine groups is 1. The summed E-state index contributed by atoms with van der Waals surface area (Å²) in [5.41, 5.74) is 2.83. The highest BCUT2D eigenvalue weighted by atomic mass is 19.1. The van der Waals surface area contributed by atoms with Gasteiger partial charge in [-0.05, 0) is 47.4 Å². The molecule has 27 heavy (non-hydrogen) atoms. The van der Waals surface area contributed by atoms with Crippen LogP contribution in [0.3, 0.4) is 0 Å². The molecule has 0 bridgehead atoms. The molecular weight excluding hydrogens is 342 g/mol. The average Bonchev–Trinajstić information content (AvgIpc) is 3.12. The number of rotatable bonds is 5. The zero-order chi connectivity index (χ0) is 18.6. The molecule has 1 heterocycles. The minimum atomic E-state index is -0.293. The number of nitrogens with one attached hydrogen (secondary N) is 1. The van der Waals surface area contributed by atoms with E-state index in [-0.39, 0.29) is 23.7 Å². The molecule has 1 aliphatic rings. The van der Waals surface area contributed by atoms with Crippen LogP contribution in [-0.4, -0.2) is 5.84 Å². The summed E-state index contributed by atoms with van der Waals surface area (Å²) in [7, 11) is 0. The molecule has 3 aromatic rings. The first-order chi connectivity index (χ1) is 13.2. The van der Waals surface area contributed by atoms with Crippen molar-refractivity contribution in [2.24, 2.45) is 4.99 Å². The van der Waals surface area contributed by atoms with Gasteiger partial charge in [0.05, 0.1) is 11.9 Å². The molecule has 2 nitrogen and oxygen atoms in total. The molecule has 4 rings (SSSR count). The maximum absolute atomic E-state index is 13.8. The van der Waals surface area contributed by atoms with Gasteiger partial charge in [0, 0.05) is 6.42 Å². The van der Waals surface area contributed by atoms with Gasteiger partial charge in [0.15, 0.2) is 0 Å². The first-order valence-electron chi connectivity index (χ1n) is 9.07. The Bertz CT molecular complexity index is 953. The van der Waals surface area contributed by atoms with Crippen LogP contribution in [-0.2, 0) is 6.42 Å². The molecule has 0 unspecified atom stereocenters. The Morgan fingerprint density at radius 3 is 2.11 bits per heavy atom. The van der Waals surface area contributed by atoms with Crippen LogP contribution in [0.2, 0.25) is 0 Å². The molecular formula is C23H20F2N2. The second-order valence-corrected chi connectivity index (χ2v) is 6.74. The third-order valence-electron chi connectivity index (χ3n) is 4.82. The lowest BCUT2D eigenvalue weighted by molar-refractivity contribution is 0.555. The summed E-state index contributed by atoms with van der Waals surface area (Å²) in [4.78, 5) is 4.82. The summed E-state index contributed by atoms with van der Waals surface area (Å²) in [6.45, 7) is 0. The van der Waals surface area contributed by atoms with Gasteiger partial charge in [0.1, 0.15) is 17.7 Å². The number of nitrogens with zero attached hydrogens (tertiary/aromatic N) is 1. The molecule has 0 aromatic heterocycles. The molecule has 0 radical (unpaired) electrons. The van der Waals surface area contributed by atoms with Crippen molar-refractivity contribution in [3.8, 4) is 0 Å². The van der Waals surface area contributed by atoms with Gasteiger partial charge in [-0.15, -0.1) is 0 Å². The molecule has 0 fully saturated rings. The van der Waals surface area contributed by atoms with Gasteiger partial charge in [-0.3, -0.25) is 4.99 Å². The predicted molar refractivity (Wildman–Crippen MR) is 104 cm³/mol. The van der Waals surface area contributed by atoms with E-state index < -0.39 is 0 Å². The third-order valence-corrected chi connectivity index (χ3v) is 4.82. The van der Waals surface area contributed by atoms with Crippen molar-refractivity contribution in [2.45, 2.75) is 24.9 Å². The van der Waals surface area contributed by atoms with Crippen molar-refractivity contribution in [1.29, 1.82) is 0 Å². The lowest BCUT2D eigenvalue weighted by Crippen LogP contribution is -2.24. The monoisotopic (exact) mass is 362 g/mol. The van der Waals surface area contributed by atoms with Gasteiger partial charge in [-0.1, -0.05) is 54.6 Å². The molecule has 0 aliphatic carbocycles. The number of benzene rings is 3. The van der Waals surface area contributed by atoms with Crippen LogP contribution in [0.4, 0.5) is 8.78 Å². The number of aryl methyl sites for hydroxylation is 1. The normalized spacial score (nSPS) is 18.8. The van der Waals surface area contributed by atoms with Crippen LogP contribution in [0.1, 0.15) is 35.2 Å². The Hall–Kier alpha value is -3.01. The summed E-state index contributed by atoms with van der Waals surface area (Å²) in [5, 5.41) is 3.43. The van der Waals surface area contributed by atoms with Gasteiger partial charge >= 0.3 is 0 Å². The molecule has 0 spiro atoms. The fraction of sp³-hybridized carbons (Fsp3) is 0.174. The van der Waals surface area contributed by atoms with E-state index in [1.54, 1.807) is 12.1 Å². The average molecular weight is 362 g/mol. The topological polar surface area (TPSA) is 24.4 Å². The van der Waals surface area contributed by atoms with E-state index in [9.17, 15) is 8.78 Å². The number of hydrogen-bond acceptors (Lipinski definition) is 2. The highest BCUT2D eigenvalue weighted by molar-refractivity contribution is 5.85. The van der Waals surface area contributed by atoms with E-state index in [2.05, 4.69) is 17.4 Å². The predicted octanol–water partition coefficient (Wildman–Crippen LogP) is 5.38. The fourth-order valence-electron chi connectivity index (χ4n) is 3.51. The zero-order valence-corrected chi connectivity index (χ0v) is 14.8.